The Kier molecular flexibility index (Phi) is 4.13. The zero-order chi connectivity index (χ0) is 6.41. The first-order valence-electron chi connectivity index (χ1n) is 2.45. The van der Waals surface area contributed by atoms with Crippen LogP contribution in [-0.2, 0) is 0 Å². The van der Waals surface area contributed by atoms with Crippen LogP contribution in [0.3, 0.4) is 0 Å². The number of halogens is 1. The molecule has 2 heteroatoms. The van der Waals surface area contributed by atoms with Gasteiger partial charge in [0, 0.05) is 5.71 Å². The molecular weight excluding hydrogens is 105 g/mol. The Morgan fingerprint density at radius 3 is 2.38 bits per heavy atom. The largest absolute Gasteiger partial charge is 0.286 e. The molecule has 0 amide bonds. The zero-order valence-corrected chi connectivity index (χ0v) is 5.19. The monoisotopic (exact) mass is 115 g/mol. The van der Waals surface area contributed by atoms with E-state index in [1.165, 1.54) is 0 Å². The predicted molar refractivity (Wildman–Crippen MR) is 34.1 cm³/mol. The lowest BCUT2D eigenvalue weighted by atomic mass is 10.4. The molecule has 0 aromatic heterocycles. The van der Waals surface area contributed by atoms with E-state index in [4.69, 9.17) is 0 Å². The molecule has 0 spiro atoms. The van der Waals surface area contributed by atoms with Crippen LogP contribution in [0.4, 0.5) is 4.39 Å². The molecule has 0 unspecified atom stereocenters. The second kappa shape index (κ2) is 4.50. The molecule has 1 rings (SSSR count). The molecular formula is C6H10FN. The van der Waals surface area contributed by atoms with Crippen molar-refractivity contribution < 1.29 is 4.39 Å². The van der Waals surface area contributed by atoms with Gasteiger partial charge in [0.2, 0.25) is 0 Å². The van der Waals surface area contributed by atoms with Crippen molar-refractivity contribution in [1.82, 2.24) is 0 Å². The Bertz CT molecular complexity index is 102. The fraction of sp³-hybridized carbons (Fsp3) is 0.500. The van der Waals surface area contributed by atoms with Gasteiger partial charge in [-0.1, -0.05) is 6.08 Å². The van der Waals surface area contributed by atoms with Gasteiger partial charge in [0.1, 0.15) is 0 Å². The van der Waals surface area contributed by atoms with Crippen molar-refractivity contribution in [2.24, 2.45) is 4.99 Å². The van der Waals surface area contributed by atoms with E-state index in [9.17, 15) is 4.39 Å². The van der Waals surface area contributed by atoms with Gasteiger partial charge in [0.05, 0.1) is 13.7 Å². The molecule has 0 aliphatic carbocycles. The highest BCUT2D eigenvalue weighted by Gasteiger charge is 1.85. The predicted octanol–water partition coefficient (Wildman–Crippen LogP) is 1.60. The summed E-state index contributed by atoms with van der Waals surface area (Å²) >= 11 is 0. The van der Waals surface area contributed by atoms with Gasteiger partial charge in [-0.2, -0.15) is 0 Å². The molecule has 1 heterocycles. The van der Waals surface area contributed by atoms with E-state index < -0.39 is 0 Å². The van der Waals surface area contributed by atoms with Crippen molar-refractivity contribution in [1.29, 1.82) is 0 Å². The summed E-state index contributed by atoms with van der Waals surface area (Å²) in [7, 11) is 0.500. The highest BCUT2D eigenvalue weighted by molar-refractivity contribution is 5.94. The maximum absolute atomic E-state index is 9.50. The molecule has 1 aliphatic heterocycles. The maximum Gasteiger partial charge on any atom is 0.0785 e. The minimum Gasteiger partial charge on any atom is -0.286 e. The van der Waals surface area contributed by atoms with Crippen LogP contribution in [0, 0.1) is 0 Å². The molecule has 1 nitrogen and oxygen atoms in total. The standard InChI is InChI=1S/C5H7N.CH3F/c1-5-3-2-4-6-5;1-2/h2-3H,4H2,1H3;1H3. The van der Waals surface area contributed by atoms with E-state index in [1.807, 2.05) is 13.0 Å². The number of alkyl halides is 1. The summed E-state index contributed by atoms with van der Waals surface area (Å²) in [6.45, 7) is 2.90. The number of hydrogen-bond acceptors (Lipinski definition) is 1. The molecule has 1 aliphatic rings. The van der Waals surface area contributed by atoms with Crippen LogP contribution in [0.15, 0.2) is 17.1 Å². The van der Waals surface area contributed by atoms with Gasteiger partial charge < -0.3 is 0 Å². The zero-order valence-electron chi connectivity index (χ0n) is 5.19. The molecule has 0 aromatic carbocycles. The van der Waals surface area contributed by atoms with Gasteiger partial charge in [-0.3, -0.25) is 9.38 Å². The summed E-state index contributed by atoms with van der Waals surface area (Å²) in [6.07, 6.45) is 4.08. The summed E-state index contributed by atoms with van der Waals surface area (Å²) in [5.74, 6) is 0. The molecule has 0 atom stereocenters. The van der Waals surface area contributed by atoms with Gasteiger partial charge in [0.15, 0.2) is 0 Å². The fourth-order valence-corrected chi connectivity index (χ4v) is 0.473. The van der Waals surface area contributed by atoms with Crippen LogP contribution in [0.1, 0.15) is 6.92 Å². The number of allylic oxidation sites excluding steroid dienone is 1. The van der Waals surface area contributed by atoms with Crippen molar-refractivity contribution in [3.8, 4) is 0 Å². The molecule has 46 valence electrons. The molecule has 0 N–H and O–H groups in total. The Labute approximate surface area is 48.9 Å². The fourth-order valence-electron chi connectivity index (χ4n) is 0.473. The summed E-state index contributed by atoms with van der Waals surface area (Å²) in [6, 6.07) is 0. The van der Waals surface area contributed by atoms with Crippen LogP contribution in [-0.4, -0.2) is 19.4 Å². The Hall–Kier alpha value is -0.660. The van der Waals surface area contributed by atoms with Gasteiger partial charge in [-0.15, -0.1) is 0 Å². The topological polar surface area (TPSA) is 12.4 Å². The lowest BCUT2D eigenvalue weighted by molar-refractivity contribution is 0.636. The Morgan fingerprint density at radius 1 is 1.62 bits per heavy atom. The average molecular weight is 115 g/mol. The van der Waals surface area contributed by atoms with Gasteiger partial charge in [0.25, 0.3) is 0 Å². The highest BCUT2D eigenvalue weighted by Crippen LogP contribution is 1.89. The number of aliphatic imine (C=N–C) groups is 1. The minimum absolute atomic E-state index is 0.500. The maximum atomic E-state index is 9.50. The summed E-state index contributed by atoms with van der Waals surface area (Å²) in [5, 5.41) is 0. The van der Waals surface area contributed by atoms with E-state index >= 15 is 0 Å². The minimum atomic E-state index is 0.500. The van der Waals surface area contributed by atoms with Crippen LogP contribution in [0.2, 0.25) is 0 Å². The normalized spacial score (nSPS) is 14.6. The molecule has 0 saturated carbocycles. The first-order valence-corrected chi connectivity index (χ1v) is 2.45. The van der Waals surface area contributed by atoms with Crippen molar-refractivity contribution in [2.75, 3.05) is 13.7 Å². The van der Waals surface area contributed by atoms with Gasteiger partial charge in [-0.25, -0.2) is 0 Å². The summed E-state index contributed by atoms with van der Waals surface area (Å²) in [4.78, 5) is 4.04. The van der Waals surface area contributed by atoms with E-state index in [1.54, 1.807) is 0 Å². The quantitative estimate of drug-likeness (QED) is 0.454. The molecule has 0 saturated heterocycles. The SMILES string of the molecule is CC1=NCC=C1.CF. The second-order valence-corrected chi connectivity index (χ2v) is 1.38. The van der Waals surface area contributed by atoms with Crippen LogP contribution in [0.25, 0.3) is 0 Å². The van der Waals surface area contributed by atoms with Crippen molar-refractivity contribution in [3.63, 3.8) is 0 Å². The first kappa shape index (κ1) is 7.34. The Morgan fingerprint density at radius 2 is 2.25 bits per heavy atom. The third-order valence-corrected chi connectivity index (χ3v) is 0.805. The first-order chi connectivity index (χ1) is 3.89. The lowest BCUT2D eigenvalue weighted by Gasteiger charge is -1.72. The van der Waals surface area contributed by atoms with E-state index in [-0.39, 0.29) is 0 Å². The molecule has 8 heavy (non-hydrogen) atoms. The van der Waals surface area contributed by atoms with Crippen molar-refractivity contribution in [3.05, 3.63) is 12.2 Å². The summed E-state index contributed by atoms with van der Waals surface area (Å²) in [5.41, 5.74) is 1.15. The van der Waals surface area contributed by atoms with E-state index in [0.29, 0.717) is 7.18 Å². The van der Waals surface area contributed by atoms with Crippen molar-refractivity contribution in [2.45, 2.75) is 6.92 Å². The molecule has 0 radical (unpaired) electrons. The van der Waals surface area contributed by atoms with Crippen LogP contribution in [0.5, 0.6) is 0 Å². The number of hydrogen-bond donors (Lipinski definition) is 0. The van der Waals surface area contributed by atoms with E-state index in [2.05, 4.69) is 11.1 Å². The summed E-state index contributed by atoms with van der Waals surface area (Å²) < 4.78 is 9.50. The number of rotatable bonds is 0. The third-order valence-electron chi connectivity index (χ3n) is 0.805. The van der Waals surface area contributed by atoms with Crippen LogP contribution < -0.4 is 0 Å². The molecule has 0 fully saturated rings. The third kappa shape index (κ3) is 2.50. The highest BCUT2D eigenvalue weighted by atomic mass is 19.1. The van der Waals surface area contributed by atoms with Gasteiger partial charge >= 0.3 is 0 Å². The van der Waals surface area contributed by atoms with Crippen LogP contribution >= 0.6 is 0 Å². The molecule has 0 aromatic rings. The van der Waals surface area contributed by atoms with Gasteiger partial charge in [-0.05, 0) is 13.0 Å². The number of nitrogens with zero attached hydrogens (tertiary/aromatic N) is 1. The van der Waals surface area contributed by atoms with E-state index in [0.717, 1.165) is 12.3 Å². The second-order valence-electron chi connectivity index (χ2n) is 1.38. The average Bonchev–Trinajstić information content (AvgIpc) is 2.24. The van der Waals surface area contributed by atoms with Crippen molar-refractivity contribution >= 4 is 5.71 Å². The molecule has 0 bridgehead atoms. The Balaban J connectivity index is 0.000000222. The lowest BCUT2D eigenvalue weighted by Crippen LogP contribution is -1.73. The smallest absolute Gasteiger partial charge is 0.0785 e.